The number of benzene rings is 1. The Balaban J connectivity index is 1.29. The highest BCUT2D eigenvalue weighted by Crippen LogP contribution is 2.30. The number of fused-ring (bicyclic) bond motifs is 4. The summed E-state index contributed by atoms with van der Waals surface area (Å²) in [5, 5.41) is 16.8. The van der Waals surface area contributed by atoms with Crippen LogP contribution >= 0.6 is 0 Å². The Labute approximate surface area is 143 Å². The summed E-state index contributed by atoms with van der Waals surface area (Å²) in [6.07, 6.45) is 2.50. The largest absolute Gasteiger partial charge is 0.368 e. The number of hydrogen-bond acceptors (Lipinski definition) is 6. The van der Waals surface area contributed by atoms with Gasteiger partial charge in [0, 0.05) is 13.1 Å². The molecule has 1 saturated heterocycles. The van der Waals surface area contributed by atoms with Gasteiger partial charge in [-0.15, -0.1) is 5.10 Å². The maximum Gasteiger partial charge on any atom is 0.246 e. The zero-order chi connectivity index (χ0) is 16.8. The van der Waals surface area contributed by atoms with Crippen LogP contribution in [0.2, 0.25) is 0 Å². The first kappa shape index (κ1) is 14.5. The van der Waals surface area contributed by atoms with Crippen LogP contribution in [0, 0.1) is 0 Å². The average Bonchev–Trinajstić information content (AvgIpc) is 3.27. The maximum absolute atomic E-state index is 12.6. The molecule has 4 heterocycles. The molecule has 0 spiro atoms. The van der Waals surface area contributed by atoms with Crippen LogP contribution in [0.4, 0.5) is 0 Å². The lowest BCUT2D eigenvalue weighted by Crippen LogP contribution is -2.51. The number of aromatic nitrogens is 6. The number of likely N-dealkylation sites (tertiary alicyclic amines) is 1. The van der Waals surface area contributed by atoms with Gasteiger partial charge in [-0.05, 0) is 18.6 Å². The summed E-state index contributed by atoms with van der Waals surface area (Å²) >= 11 is 0. The summed E-state index contributed by atoms with van der Waals surface area (Å²) in [5.74, 6) is 0.00624. The van der Waals surface area contributed by atoms with Gasteiger partial charge in [-0.2, -0.15) is 15.0 Å². The molecule has 5 rings (SSSR count). The molecular weight excluding hydrogens is 322 g/mol. The molecule has 3 aromatic rings. The van der Waals surface area contributed by atoms with Gasteiger partial charge in [-0.3, -0.25) is 4.79 Å². The van der Waals surface area contributed by atoms with Crippen molar-refractivity contribution >= 4 is 16.9 Å². The highest BCUT2D eigenvalue weighted by Gasteiger charge is 2.37. The van der Waals surface area contributed by atoms with E-state index in [1.54, 1.807) is 6.20 Å². The van der Waals surface area contributed by atoms with Gasteiger partial charge >= 0.3 is 0 Å². The Morgan fingerprint density at radius 3 is 2.84 bits per heavy atom. The van der Waals surface area contributed by atoms with Gasteiger partial charge in [-0.25, -0.2) is 4.68 Å². The Kier molecular flexibility index (Phi) is 3.27. The minimum absolute atomic E-state index is 0.00624. The van der Waals surface area contributed by atoms with Crippen molar-refractivity contribution < 1.29 is 9.53 Å². The number of ether oxygens (including phenoxy) is 1. The molecule has 0 saturated carbocycles. The summed E-state index contributed by atoms with van der Waals surface area (Å²) in [6.45, 7) is 1.86. The zero-order valence-electron chi connectivity index (χ0n) is 13.5. The van der Waals surface area contributed by atoms with Crippen LogP contribution in [0.15, 0.2) is 30.5 Å². The molecule has 0 bridgehead atoms. The molecule has 9 nitrogen and oxygen atoms in total. The molecule has 0 radical (unpaired) electrons. The molecule has 9 heteroatoms. The van der Waals surface area contributed by atoms with Crippen molar-refractivity contribution in [3.63, 3.8) is 0 Å². The topological polar surface area (TPSA) is 91.0 Å². The molecule has 2 atom stereocenters. The lowest BCUT2D eigenvalue weighted by molar-refractivity contribution is -0.140. The molecule has 2 aromatic heterocycles. The maximum atomic E-state index is 12.6. The minimum atomic E-state index is -0.0449. The summed E-state index contributed by atoms with van der Waals surface area (Å²) in [6, 6.07) is 7.75. The molecule has 2 unspecified atom stereocenters. The quantitative estimate of drug-likeness (QED) is 0.671. The second-order valence-corrected chi connectivity index (χ2v) is 6.43. The van der Waals surface area contributed by atoms with Crippen LogP contribution in [-0.2, 0) is 22.7 Å². The Morgan fingerprint density at radius 1 is 1.24 bits per heavy atom. The zero-order valence-corrected chi connectivity index (χ0v) is 13.5. The Hall–Kier alpha value is -2.81. The van der Waals surface area contributed by atoms with Gasteiger partial charge in [0.1, 0.15) is 17.6 Å². The number of carbonyl (C=O) groups is 1. The van der Waals surface area contributed by atoms with Gasteiger partial charge in [0.15, 0.2) is 0 Å². The lowest BCUT2D eigenvalue weighted by atomic mass is 10.00. The van der Waals surface area contributed by atoms with Crippen LogP contribution in [0.5, 0.6) is 0 Å². The van der Waals surface area contributed by atoms with Gasteiger partial charge in [0.25, 0.3) is 0 Å². The van der Waals surface area contributed by atoms with Gasteiger partial charge in [0.05, 0.1) is 30.6 Å². The van der Waals surface area contributed by atoms with E-state index in [0.717, 1.165) is 23.1 Å². The first-order valence-electron chi connectivity index (χ1n) is 8.36. The Bertz CT molecular complexity index is 900. The van der Waals surface area contributed by atoms with Crippen LogP contribution in [0.25, 0.3) is 11.0 Å². The molecule has 1 fully saturated rings. The minimum Gasteiger partial charge on any atom is -0.368 e. The lowest BCUT2D eigenvalue weighted by Gasteiger charge is -2.40. The van der Waals surface area contributed by atoms with E-state index in [1.165, 1.54) is 4.80 Å². The standard InChI is InChI=1S/C16H17N7O2/c24-16(9-22-18-12-3-1-2-4-13(12)19-22)21-6-5-14-15(8-21)25-10-11-7-17-20-23(11)14/h1-4,7,14-15H,5-6,8-10H2. The normalized spacial score (nSPS) is 22.6. The average molecular weight is 339 g/mol. The number of piperidine rings is 1. The number of nitrogens with zero attached hydrogens (tertiary/aromatic N) is 7. The number of hydrogen-bond donors (Lipinski definition) is 0. The predicted molar refractivity (Wildman–Crippen MR) is 86.4 cm³/mol. The van der Waals surface area contributed by atoms with Crippen LogP contribution in [-0.4, -0.2) is 60.0 Å². The second kappa shape index (κ2) is 5.62. The second-order valence-electron chi connectivity index (χ2n) is 6.43. The first-order chi connectivity index (χ1) is 12.3. The van der Waals surface area contributed by atoms with Gasteiger partial charge in [0.2, 0.25) is 5.91 Å². The van der Waals surface area contributed by atoms with Gasteiger partial charge in [-0.1, -0.05) is 17.3 Å². The molecule has 128 valence electrons. The molecule has 2 aliphatic rings. The number of carbonyl (C=O) groups excluding carboxylic acids is 1. The van der Waals surface area contributed by atoms with E-state index >= 15 is 0 Å². The highest BCUT2D eigenvalue weighted by molar-refractivity contribution is 5.77. The van der Waals surface area contributed by atoms with Crippen LogP contribution in [0.1, 0.15) is 18.2 Å². The smallest absolute Gasteiger partial charge is 0.246 e. The summed E-state index contributed by atoms with van der Waals surface area (Å²) in [7, 11) is 0. The SMILES string of the molecule is O=C(Cn1nc2ccccc2n1)N1CCC2C(C1)OCc1cnnn12. The fourth-order valence-electron chi connectivity index (χ4n) is 3.61. The predicted octanol–water partition coefficient (Wildman–Crippen LogP) is 0.395. The number of amides is 1. The van der Waals surface area contributed by atoms with Crippen molar-refractivity contribution in [1.82, 2.24) is 34.9 Å². The first-order valence-corrected chi connectivity index (χ1v) is 8.36. The van der Waals surface area contributed by atoms with Crippen molar-refractivity contribution in [2.24, 2.45) is 0 Å². The van der Waals surface area contributed by atoms with Crippen molar-refractivity contribution in [3.05, 3.63) is 36.2 Å². The van der Waals surface area contributed by atoms with Crippen molar-refractivity contribution in [2.45, 2.75) is 31.7 Å². The van der Waals surface area contributed by atoms with E-state index in [-0.39, 0.29) is 24.6 Å². The summed E-state index contributed by atoms with van der Waals surface area (Å²) < 4.78 is 7.85. The van der Waals surface area contributed by atoms with Crippen molar-refractivity contribution in [3.8, 4) is 0 Å². The third-order valence-corrected chi connectivity index (χ3v) is 4.89. The van der Waals surface area contributed by atoms with E-state index in [1.807, 2.05) is 33.8 Å². The van der Waals surface area contributed by atoms with Crippen molar-refractivity contribution in [2.75, 3.05) is 13.1 Å². The third-order valence-electron chi connectivity index (χ3n) is 4.89. The fraction of sp³-hybridized carbons (Fsp3) is 0.438. The third kappa shape index (κ3) is 2.47. The van der Waals surface area contributed by atoms with E-state index in [4.69, 9.17) is 4.74 Å². The summed E-state index contributed by atoms with van der Waals surface area (Å²) in [4.78, 5) is 15.9. The molecule has 1 aromatic carbocycles. The van der Waals surface area contributed by atoms with E-state index in [0.29, 0.717) is 19.7 Å². The molecular formula is C16H17N7O2. The van der Waals surface area contributed by atoms with E-state index < -0.39 is 0 Å². The molecule has 0 aliphatic carbocycles. The van der Waals surface area contributed by atoms with Crippen LogP contribution in [0.3, 0.4) is 0 Å². The van der Waals surface area contributed by atoms with Crippen LogP contribution < -0.4 is 0 Å². The van der Waals surface area contributed by atoms with Gasteiger partial charge < -0.3 is 9.64 Å². The Morgan fingerprint density at radius 2 is 2.04 bits per heavy atom. The van der Waals surface area contributed by atoms with E-state index in [2.05, 4.69) is 20.5 Å². The molecule has 25 heavy (non-hydrogen) atoms. The van der Waals surface area contributed by atoms with E-state index in [9.17, 15) is 4.79 Å². The number of rotatable bonds is 2. The highest BCUT2D eigenvalue weighted by atomic mass is 16.5. The van der Waals surface area contributed by atoms with Crippen molar-refractivity contribution in [1.29, 1.82) is 0 Å². The fourth-order valence-corrected chi connectivity index (χ4v) is 3.61. The molecule has 1 amide bonds. The molecule has 0 N–H and O–H groups in total. The monoisotopic (exact) mass is 339 g/mol. The summed E-state index contributed by atoms with van der Waals surface area (Å²) in [5.41, 5.74) is 2.58. The molecule has 2 aliphatic heterocycles.